The maximum atomic E-state index is 11.8. The fourth-order valence-electron chi connectivity index (χ4n) is 0.799. The van der Waals surface area contributed by atoms with Crippen LogP contribution in [0.15, 0.2) is 0 Å². The SMILES string of the molecule is CC(CC(F)(F)F)NC(=O)C(C)(C)O. The topological polar surface area (TPSA) is 49.3 Å². The van der Waals surface area contributed by atoms with Crippen LogP contribution in [0.4, 0.5) is 13.2 Å². The number of alkyl halides is 3. The number of aliphatic hydroxyl groups is 1. The number of hydrogen-bond acceptors (Lipinski definition) is 2. The molecule has 2 N–H and O–H groups in total. The number of carbonyl (C=O) groups is 1. The van der Waals surface area contributed by atoms with E-state index in [0.29, 0.717) is 0 Å². The lowest BCUT2D eigenvalue weighted by atomic mass is 10.1. The maximum Gasteiger partial charge on any atom is 0.391 e. The lowest BCUT2D eigenvalue weighted by Crippen LogP contribution is -2.46. The van der Waals surface area contributed by atoms with Crippen LogP contribution in [0.3, 0.4) is 0 Å². The fraction of sp³-hybridized carbons (Fsp3) is 0.875. The average Bonchev–Trinajstić information content (AvgIpc) is 1.79. The van der Waals surface area contributed by atoms with Gasteiger partial charge >= 0.3 is 6.18 Å². The van der Waals surface area contributed by atoms with E-state index in [-0.39, 0.29) is 0 Å². The van der Waals surface area contributed by atoms with E-state index in [1.165, 1.54) is 20.8 Å². The van der Waals surface area contributed by atoms with E-state index in [0.717, 1.165) is 0 Å². The first-order valence-corrected chi connectivity index (χ1v) is 4.12. The normalized spacial score (nSPS) is 15.1. The Morgan fingerprint density at radius 2 is 1.86 bits per heavy atom. The largest absolute Gasteiger partial charge is 0.391 e. The van der Waals surface area contributed by atoms with Gasteiger partial charge in [-0.25, -0.2) is 0 Å². The number of amides is 1. The standard InChI is InChI=1S/C8H14F3NO2/c1-5(4-8(9,10)11)12-6(13)7(2,3)14/h5,14H,4H2,1-3H3,(H,12,13). The van der Waals surface area contributed by atoms with Gasteiger partial charge in [0.1, 0.15) is 5.60 Å². The minimum absolute atomic E-state index is 0.811. The summed E-state index contributed by atoms with van der Waals surface area (Å²) in [5.41, 5.74) is -1.65. The smallest absolute Gasteiger partial charge is 0.381 e. The number of hydrogen-bond donors (Lipinski definition) is 2. The van der Waals surface area contributed by atoms with E-state index < -0.39 is 30.1 Å². The predicted octanol–water partition coefficient (Wildman–Crippen LogP) is 1.21. The van der Waals surface area contributed by atoms with E-state index in [2.05, 4.69) is 5.32 Å². The van der Waals surface area contributed by atoms with Gasteiger partial charge in [-0.3, -0.25) is 4.79 Å². The van der Waals surface area contributed by atoms with Crippen LogP contribution < -0.4 is 5.32 Å². The summed E-state index contributed by atoms with van der Waals surface area (Å²) < 4.78 is 35.5. The summed E-state index contributed by atoms with van der Waals surface area (Å²) in [4.78, 5) is 11.0. The summed E-state index contributed by atoms with van der Waals surface area (Å²) in [7, 11) is 0. The molecule has 0 saturated carbocycles. The minimum atomic E-state index is -4.31. The lowest BCUT2D eigenvalue weighted by molar-refractivity contribution is -0.146. The second-order valence-corrected chi connectivity index (χ2v) is 3.75. The van der Waals surface area contributed by atoms with Crippen molar-refractivity contribution in [3.05, 3.63) is 0 Å². The van der Waals surface area contributed by atoms with Crippen LogP contribution in [0.2, 0.25) is 0 Å². The number of rotatable bonds is 3. The molecule has 0 saturated heterocycles. The Bertz CT molecular complexity index is 208. The van der Waals surface area contributed by atoms with Crippen molar-refractivity contribution in [1.82, 2.24) is 5.32 Å². The molecule has 0 spiro atoms. The van der Waals surface area contributed by atoms with Gasteiger partial charge in [0.25, 0.3) is 5.91 Å². The molecule has 0 aromatic rings. The van der Waals surface area contributed by atoms with Gasteiger partial charge in [0.2, 0.25) is 0 Å². The van der Waals surface area contributed by atoms with Gasteiger partial charge in [-0.1, -0.05) is 0 Å². The predicted molar refractivity (Wildman–Crippen MR) is 44.6 cm³/mol. The molecule has 14 heavy (non-hydrogen) atoms. The first kappa shape index (κ1) is 13.2. The van der Waals surface area contributed by atoms with Crippen LogP contribution in [0.5, 0.6) is 0 Å². The molecule has 0 aromatic heterocycles. The van der Waals surface area contributed by atoms with Crippen molar-refractivity contribution in [3.63, 3.8) is 0 Å². The molecule has 0 fully saturated rings. The van der Waals surface area contributed by atoms with Crippen molar-refractivity contribution in [3.8, 4) is 0 Å². The molecule has 1 atom stereocenters. The first-order chi connectivity index (χ1) is 6.02. The van der Waals surface area contributed by atoms with Crippen molar-refractivity contribution >= 4 is 5.91 Å². The van der Waals surface area contributed by atoms with Gasteiger partial charge in [-0.05, 0) is 20.8 Å². The van der Waals surface area contributed by atoms with Crippen LogP contribution >= 0.6 is 0 Å². The van der Waals surface area contributed by atoms with E-state index in [1.807, 2.05) is 0 Å². The van der Waals surface area contributed by atoms with E-state index >= 15 is 0 Å². The Labute approximate surface area is 80.3 Å². The molecule has 0 rings (SSSR count). The Morgan fingerprint density at radius 3 is 2.14 bits per heavy atom. The third-order valence-corrected chi connectivity index (χ3v) is 1.47. The van der Waals surface area contributed by atoms with Crippen LogP contribution in [-0.2, 0) is 4.79 Å². The third-order valence-electron chi connectivity index (χ3n) is 1.47. The fourth-order valence-corrected chi connectivity index (χ4v) is 0.799. The number of carbonyl (C=O) groups excluding carboxylic acids is 1. The molecule has 0 radical (unpaired) electrons. The lowest BCUT2D eigenvalue weighted by Gasteiger charge is -2.21. The zero-order chi connectivity index (χ0) is 11.6. The van der Waals surface area contributed by atoms with Crippen molar-refractivity contribution in [2.45, 2.75) is 45.0 Å². The minimum Gasteiger partial charge on any atom is -0.381 e. The molecule has 0 aromatic carbocycles. The second kappa shape index (κ2) is 4.16. The summed E-state index contributed by atoms with van der Waals surface area (Å²) >= 11 is 0. The van der Waals surface area contributed by atoms with Crippen LogP contribution in [0.1, 0.15) is 27.2 Å². The van der Waals surface area contributed by atoms with Gasteiger partial charge in [0, 0.05) is 6.04 Å². The molecule has 3 nitrogen and oxygen atoms in total. The van der Waals surface area contributed by atoms with Gasteiger partial charge in [-0.15, -0.1) is 0 Å². The molecule has 0 aliphatic rings. The zero-order valence-electron chi connectivity index (χ0n) is 8.27. The monoisotopic (exact) mass is 213 g/mol. The van der Waals surface area contributed by atoms with Gasteiger partial charge in [0.15, 0.2) is 0 Å². The first-order valence-electron chi connectivity index (χ1n) is 4.12. The Kier molecular flexibility index (Phi) is 3.93. The van der Waals surface area contributed by atoms with Crippen molar-refractivity contribution < 1.29 is 23.1 Å². The van der Waals surface area contributed by atoms with E-state index in [4.69, 9.17) is 5.11 Å². The summed E-state index contributed by atoms with van der Waals surface area (Å²) in [6, 6.07) is -1.03. The van der Waals surface area contributed by atoms with Crippen LogP contribution in [0, 0.1) is 0 Å². The average molecular weight is 213 g/mol. The van der Waals surface area contributed by atoms with E-state index in [9.17, 15) is 18.0 Å². The molecule has 1 amide bonds. The highest BCUT2D eigenvalue weighted by Gasteiger charge is 2.32. The molecular weight excluding hydrogens is 199 g/mol. The zero-order valence-corrected chi connectivity index (χ0v) is 8.27. The van der Waals surface area contributed by atoms with Crippen molar-refractivity contribution in [1.29, 1.82) is 0 Å². The summed E-state index contributed by atoms with van der Waals surface area (Å²) in [6.45, 7) is 3.66. The third kappa shape index (κ3) is 5.80. The van der Waals surface area contributed by atoms with Crippen molar-refractivity contribution in [2.24, 2.45) is 0 Å². The van der Waals surface area contributed by atoms with Crippen LogP contribution in [0.25, 0.3) is 0 Å². The molecule has 0 heterocycles. The maximum absolute atomic E-state index is 11.8. The molecule has 0 bridgehead atoms. The van der Waals surface area contributed by atoms with Gasteiger partial charge < -0.3 is 10.4 Å². The second-order valence-electron chi connectivity index (χ2n) is 3.75. The molecular formula is C8H14F3NO2. The van der Waals surface area contributed by atoms with Crippen LogP contribution in [-0.4, -0.2) is 28.8 Å². The van der Waals surface area contributed by atoms with E-state index in [1.54, 1.807) is 0 Å². The molecule has 6 heteroatoms. The highest BCUT2D eigenvalue weighted by atomic mass is 19.4. The van der Waals surface area contributed by atoms with Crippen molar-refractivity contribution in [2.75, 3.05) is 0 Å². The molecule has 1 unspecified atom stereocenters. The Balaban J connectivity index is 4.09. The number of nitrogens with one attached hydrogen (secondary N) is 1. The summed E-state index contributed by atoms with van der Waals surface area (Å²) in [5.74, 6) is -0.811. The Hall–Kier alpha value is -0.780. The molecule has 0 aliphatic carbocycles. The van der Waals surface area contributed by atoms with Gasteiger partial charge in [-0.2, -0.15) is 13.2 Å². The number of halogens is 3. The highest BCUT2D eigenvalue weighted by Crippen LogP contribution is 2.21. The van der Waals surface area contributed by atoms with Gasteiger partial charge in [0.05, 0.1) is 6.42 Å². The quantitative estimate of drug-likeness (QED) is 0.740. The molecule has 84 valence electrons. The summed E-state index contributed by atoms with van der Waals surface area (Å²) in [5, 5.41) is 11.2. The summed E-state index contributed by atoms with van der Waals surface area (Å²) in [6.07, 6.45) is -5.42. The molecule has 0 aliphatic heterocycles. The highest BCUT2D eigenvalue weighted by molar-refractivity contribution is 5.84. The Morgan fingerprint density at radius 1 is 1.43 bits per heavy atom.